The first-order valence-electron chi connectivity index (χ1n) is 11.6. The smallest absolute Gasteiger partial charge is 0.422 e. The molecule has 4 aromatic rings. The van der Waals surface area contributed by atoms with Crippen LogP contribution in [0.2, 0.25) is 0 Å². The minimum Gasteiger partial charge on any atom is -0.493 e. The number of halogens is 3. The summed E-state index contributed by atoms with van der Waals surface area (Å²) in [4.78, 5) is 18.6. The fourth-order valence-electron chi connectivity index (χ4n) is 3.81. The Balaban J connectivity index is 1.52. The van der Waals surface area contributed by atoms with Crippen molar-refractivity contribution in [3.8, 4) is 28.4 Å². The maximum atomic E-state index is 13.4. The van der Waals surface area contributed by atoms with Crippen molar-refractivity contribution in [1.29, 1.82) is 0 Å². The number of fused-ring (bicyclic) bond motifs is 1. The summed E-state index contributed by atoms with van der Waals surface area (Å²) in [7, 11) is 1.58. The normalized spacial score (nSPS) is 13.8. The Morgan fingerprint density at radius 1 is 1.11 bits per heavy atom. The fourth-order valence-corrected chi connectivity index (χ4v) is 4.52. The lowest BCUT2D eigenvalue weighted by molar-refractivity contribution is -0.153. The summed E-state index contributed by atoms with van der Waals surface area (Å²) in [6.45, 7) is -0.785. The third kappa shape index (κ3) is 5.80. The van der Waals surface area contributed by atoms with Gasteiger partial charge >= 0.3 is 6.18 Å². The molecule has 0 atom stereocenters. The van der Waals surface area contributed by atoms with Gasteiger partial charge in [-0.15, -0.1) is 11.3 Å². The number of thiazole rings is 1. The standard InChI is InChI=1S/C27H23F3N2O4S/c1-34-22-4-2-3-19(24(22)35-15-17-5-6-17)9-12-21-23(25(33)32-13-14-37-26(32)31-21)18-7-10-20(11-8-18)36-16-27(28,29)30/h2-4,7-14,17H,5-6,15-16H2,1H3. The molecular formula is C27H23F3N2O4S. The summed E-state index contributed by atoms with van der Waals surface area (Å²) in [5.74, 6) is 1.84. The van der Waals surface area contributed by atoms with Crippen molar-refractivity contribution in [3.63, 3.8) is 0 Å². The van der Waals surface area contributed by atoms with Crippen molar-refractivity contribution in [2.24, 2.45) is 5.92 Å². The van der Waals surface area contributed by atoms with Crippen LogP contribution in [0.15, 0.2) is 58.8 Å². The molecule has 0 unspecified atom stereocenters. The minimum atomic E-state index is -4.44. The Labute approximate surface area is 214 Å². The van der Waals surface area contributed by atoms with Crippen LogP contribution in [0.1, 0.15) is 24.1 Å². The molecule has 5 rings (SSSR count). The molecule has 0 bridgehead atoms. The predicted molar refractivity (Wildman–Crippen MR) is 136 cm³/mol. The zero-order chi connectivity index (χ0) is 26.0. The molecule has 37 heavy (non-hydrogen) atoms. The molecule has 1 aliphatic carbocycles. The van der Waals surface area contributed by atoms with E-state index < -0.39 is 12.8 Å². The van der Waals surface area contributed by atoms with E-state index in [1.54, 1.807) is 36.9 Å². The molecule has 1 saturated carbocycles. The van der Waals surface area contributed by atoms with E-state index in [9.17, 15) is 18.0 Å². The van der Waals surface area contributed by atoms with Gasteiger partial charge in [0.15, 0.2) is 23.1 Å². The third-order valence-electron chi connectivity index (χ3n) is 5.85. The second kappa shape index (κ2) is 10.3. The Morgan fingerprint density at radius 3 is 2.59 bits per heavy atom. The summed E-state index contributed by atoms with van der Waals surface area (Å²) >= 11 is 1.33. The second-order valence-corrected chi connectivity index (χ2v) is 9.50. The highest BCUT2D eigenvalue weighted by molar-refractivity contribution is 7.15. The largest absolute Gasteiger partial charge is 0.493 e. The van der Waals surface area contributed by atoms with Gasteiger partial charge in [-0.3, -0.25) is 9.20 Å². The molecule has 0 N–H and O–H groups in total. The molecule has 6 nitrogen and oxygen atoms in total. The summed E-state index contributed by atoms with van der Waals surface area (Å²) < 4.78 is 55.3. The Hall–Kier alpha value is -3.79. The number of hydrogen-bond acceptors (Lipinski definition) is 6. The number of ether oxygens (including phenoxy) is 3. The van der Waals surface area contributed by atoms with E-state index >= 15 is 0 Å². The van der Waals surface area contributed by atoms with Gasteiger partial charge in [0.25, 0.3) is 5.56 Å². The highest BCUT2D eigenvalue weighted by atomic mass is 32.1. The van der Waals surface area contributed by atoms with Gasteiger partial charge in [-0.25, -0.2) is 4.98 Å². The number of rotatable bonds is 9. The lowest BCUT2D eigenvalue weighted by Crippen LogP contribution is -2.19. The van der Waals surface area contributed by atoms with E-state index in [0.29, 0.717) is 45.8 Å². The highest BCUT2D eigenvalue weighted by Gasteiger charge is 2.28. The number of nitrogens with zero attached hydrogens (tertiary/aromatic N) is 2. The lowest BCUT2D eigenvalue weighted by Gasteiger charge is -2.13. The maximum Gasteiger partial charge on any atom is 0.422 e. The summed E-state index contributed by atoms with van der Waals surface area (Å²) in [5, 5.41) is 1.76. The number of hydrogen-bond donors (Lipinski definition) is 0. The van der Waals surface area contributed by atoms with Crippen LogP contribution in [0.4, 0.5) is 13.2 Å². The van der Waals surface area contributed by atoms with E-state index in [1.807, 2.05) is 24.3 Å². The average Bonchev–Trinajstić information content (AvgIpc) is 3.59. The van der Waals surface area contributed by atoms with E-state index in [1.165, 1.54) is 27.9 Å². The van der Waals surface area contributed by atoms with Gasteiger partial charge in [-0.2, -0.15) is 13.2 Å². The van der Waals surface area contributed by atoms with Crippen LogP contribution in [0.5, 0.6) is 17.2 Å². The van der Waals surface area contributed by atoms with Crippen LogP contribution in [-0.2, 0) is 0 Å². The number of aromatic nitrogens is 2. The maximum absolute atomic E-state index is 13.4. The molecule has 0 saturated heterocycles. The number of benzene rings is 2. The molecule has 1 aliphatic rings. The van der Waals surface area contributed by atoms with Gasteiger partial charge < -0.3 is 14.2 Å². The van der Waals surface area contributed by atoms with E-state index in [2.05, 4.69) is 4.98 Å². The molecule has 192 valence electrons. The van der Waals surface area contributed by atoms with Crippen LogP contribution in [0, 0.1) is 5.92 Å². The topological polar surface area (TPSA) is 62.1 Å². The van der Waals surface area contributed by atoms with Crippen LogP contribution >= 0.6 is 11.3 Å². The number of alkyl halides is 3. The van der Waals surface area contributed by atoms with Gasteiger partial charge in [0.2, 0.25) is 0 Å². The van der Waals surface area contributed by atoms with Gasteiger partial charge in [0.1, 0.15) is 5.75 Å². The van der Waals surface area contributed by atoms with Gasteiger partial charge in [-0.05, 0) is 54.7 Å². The van der Waals surface area contributed by atoms with Gasteiger partial charge in [0, 0.05) is 17.1 Å². The Morgan fingerprint density at radius 2 is 1.89 bits per heavy atom. The average molecular weight is 529 g/mol. The van der Waals surface area contributed by atoms with Crippen molar-refractivity contribution in [2.45, 2.75) is 19.0 Å². The van der Waals surface area contributed by atoms with E-state index in [-0.39, 0.29) is 11.3 Å². The number of para-hydroxylation sites is 1. The lowest BCUT2D eigenvalue weighted by atomic mass is 10.0. The van der Waals surface area contributed by atoms with E-state index in [4.69, 9.17) is 14.2 Å². The fraction of sp³-hybridized carbons (Fsp3) is 0.259. The molecule has 10 heteroatoms. The minimum absolute atomic E-state index is 0.0525. The highest BCUT2D eigenvalue weighted by Crippen LogP contribution is 2.36. The molecule has 0 spiro atoms. The summed E-state index contributed by atoms with van der Waals surface area (Å²) in [6, 6.07) is 11.5. The van der Waals surface area contributed by atoms with Crippen molar-refractivity contribution in [1.82, 2.24) is 9.38 Å². The van der Waals surface area contributed by atoms with Crippen molar-refractivity contribution in [2.75, 3.05) is 20.3 Å². The van der Waals surface area contributed by atoms with Crippen LogP contribution < -0.4 is 19.8 Å². The molecule has 2 heterocycles. The summed E-state index contributed by atoms with van der Waals surface area (Å²) in [5.41, 5.74) is 1.74. The molecule has 0 amide bonds. The van der Waals surface area contributed by atoms with Crippen LogP contribution in [-0.4, -0.2) is 35.9 Å². The molecule has 2 aromatic carbocycles. The Kier molecular flexibility index (Phi) is 6.92. The van der Waals surface area contributed by atoms with Crippen LogP contribution in [0.25, 0.3) is 28.2 Å². The van der Waals surface area contributed by atoms with Crippen molar-refractivity contribution >= 4 is 28.4 Å². The first-order chi connectivity index (χ1) is 17.8. The molecule has 1 fully saturated rings. The molecular weight excluding hydrogens is 505 g/mol. The quantitative estimate of drug-likeness (QED) is 0.254. The van der Waals surface area contributed by atoms with Crippen LogP contribution in [0.3, 0.4) is 0 Å². The molecule has 2 aromatic heterocycles. The van der Waals surface area contributed by atoms with Gasteiger partial charge in [0.05, 0.1) is 25.0 Å². The van der Waals surface area contributed by atoms with Crippen molar-refractivity contribution in [3.05, 3.63) is 75.7 Å². The molecule has 0 aliphatic heterocycles. The first-order valence-corrected chi connectivity index (χ1v) is 12.5. The Bertz CT molecular complexity index is 1490. The third-order valence-corrected chi connectivity index (χ3v) is 6.61. The van der Waals surface area contributed by atoms with E-state index in [0.717, 1.165) is 18.4 Å². The first kappa shape index (κ1) is 24.9. The zero-order valence-electron chi connectivity index (χ0n) is 19.8. The van der Waals surface area contributed by atoms with Gasteiger partial charge in [-0.1, -0.05) is 24.3 Å². The van der Waals surface area contributed by atoms with Crippen molar-refractivity contribution < 1.29 is 27.4 Å². The zero-order valence-corrected chi connectivity index (χ0v) is 20.6. The number of methoxy groups -OCH3 is 1. The predicted octanol–water partition coefficient (Wildman–Crippen LogP) is 6.33. The monoisotopic (exact) mass is 528 g/mol. The SMILES string of the molecule is COc1cccc(C=Cc2nc3sccn3c(=O)c2-c2ccc(OCC(F)(F)F)cc2)c1OCC1CC1. The molecule has 0 radical (unpaired) electrons. The summed E-state index contributed by atoms with van der Waals surface area (Å²) in [6.07, 6.45) is 3.06. The second-order valence-electron chi connectivity index (χ2n) is 8.63.